The quantitative estimate of drug-likeness (QED) is 0.926. The zero-order valence-electron chi connectivity index (χ0n) is 11.3. The Morgan fingerprint density at radius 2 is 1.86 bits per heavy atom. The molecular formula is C14H12F3N3O2. The van der Waals surface area contributed by atoms with Crippen LogP contribution in [0.1, 0.15) is 5.56 Å². The van der Waals surface area contributed by atoms with Crippen molar-refractivity contribution < 1.29 is 23.1 Å². The number of aliphatic carboxylic acids is 1. The van der Waals surface area contributed by atoms with Crippen LogP contribution >= 0.6 is 0 Å². The van der Waals surface area contributed by atoms with Gasteiger partial charge in [-0.3, -0.25) is 4.79 Å². The Kier molecular flexibility index (Phi) is 3.31. The van der Waals surface area contributed by atoms with Crippen molar-refractivity contribution in [2.75, 3.05) is 11.4 Å². The number of benzene rings is 1. The van der Waals surface area contributed by atoms with Gasteiger partial charge in [-0.1, -0.05) is 0 Å². The lowest BCUT2D eigenvalue weighted by atomic mass is 10.1. The number of alkyl halides is 3. The van der Waals surface area contributed by atoms with Crippen molar-refractivity contribution in [2.45, 2.75) is 12.7 Å². The standard InChI is InChI=1S/C14H12F3N3O2/c15-14(16,17)10-1-3-11(4-2-10)19-7-9(13(21)22)8-20-12(19)5-6-18-20/h1-6,9H,7-8H2,(H,21,22). The van der Waals surface area contributed by atoms with Crippen LogP contribution in [0.25, 0.3) is 0 Å². The van der Waals surface area contributed by atoms with Gasteiger partial charge in [0.15, 0.2) is 0 Å². The summed E-state index contributed by atoms with van der Waals surface area (Å²) in [6.45, 7) is 0.432. The number of carbonyl (C=O) groups is 1. The van der Waals surface area contributed by atoms with Crippen molar-refractivity contribution in [3.8, 4) is 0 Å². The van der Waals surface area contributed by atoms with Crippen molar-refractivity contribution in [3.05, 3.63) is 42.1 Å². The molecule has 1 atom stereocenters. The summed E-state index contributed by atoms with van der Waals surface area (Å²) in [6, 6.07) is 6.35. The normalized spacial score (nSPS) is 18.1. The molecular weight excluding hydrogens is 299 g/mol. The van der Waals surface area contributed by atoms with Crippen molar-refractivity contribution >= 4 is 17.5 Å². The maximum absolute atomic E-state index is 12.6. The molecule has 0 radical (unpaired) electrons. The number of aromatic nitrogens is 2. The Morgan fingerprint density at radius 1 is 1.18 bits per heavy atom. The first-order valence-electron chi connectivity index (χ1n) is 6.55. The molecule has 2 heterocycles. The lowest BCUT2D eigenvalue weighted by Crippen LogP contribution is -2.39. The van der Waals surface area contributed by atoms with E-state index in [-0.39, 0.29) is 13.1 Å². The second-order valence-electron chi connectivity index (χ2n) is 5.06. The van der Waals surface area contributed by atoms with E-state index in [9.17, 15) is 23.1 Å². The van der Waals surface area contributed by atoms with Crippen LogP contribution in [0.3, 0.4) is 0 Å². The summed E-state index contributed by atoms with van der Waals surface area (Å²) in [4.78, 5) is 12.9. The van der Waals surface area contributed by atoms with Gasteiger partial charge in [-0.15, -0.1) is 0 Å². The molecule has 0 saturated heterocycles. The van der Waals surface area contributed by atoms with Crippen LogP contribution in [-0.4, -0.2) is 27.4 Å². The molecule has 1 N–H and O–H groups in total. The first kappa shape index (κ1) is 14.4. The molecule has 1 unspecified atom stereocenters. The number of carboxylic acid groups (broad SMARTS) is 1. The number of halogens is 3. The van der Waals surface area contributed by atoms with Gasteiger partial charge in [0.2, 0.25) is 0 Å². The number of nitrogens with zero attached hydrogens (tertiary/aromatic N) is 3. The van der Waals surface area contributed by atoms with Crippen LogP contribution in [0.4, 0.5) is 24.7 Å². The monoisotopic (exact) mass is 311 g/mol. The number of rotatable bonds is 2. The lowest BCUT2D eigenvalue weighted by molar-refractivity contribution is -0.142. The van der Waals surface area contributed by atoms with Gasteiger partial charge in [0.05, 0.1) is 24.2 Å². The van der Waals surface area contributed by atoms with Gasteiger partial charge in [0.1, 0.15) is 5.82 Å². The second-order valence-corrected chi connectivity index (χ2v) is 5.06. The van der Waals surface area contributed by atoms with E-state index < -0.39 is 23.6 Å². The molecule has 0 spiro atoms. The summed E-state index contributed by atoms with van der Waals surface area (Å²) in [5, 5.41) is 13.3. The van der Waals surface area contributed by atoms with Crippen LogP contribution in [0.2, 0.25) is 0 Å². The molecule has 0 bridgehead atoms. The summed E-state index contributed by atoms with van der Waals surface area (Å²) >= 11 is 0. The largest absolute Gasteiger partial charge is 0.481 e. The first-order chi connectivity index (χ1) is 10.4. The van der Waals surface area contributed by atoms with E-state index >= 15 is 0 Å². The minimum Gasteiger partial charge on any atom is -0.481 e. The highest BCUT2D eigenvalue weighted by Crippen LogP contribution is 2.34. The maximum atomic E-state index is 12.6. The number of fused-ring (bicyclic) bond motifs is 1. The van der Waals surface area contributed by atoms with Crippen LogP contribution < -0.4 is 4.90 Å². The summed E-state index contributed by atoms with van der Waals surface area (Å²) < 4.78 is 39.4. The fraction of sp³-hybridized carbons (Fsp3) is 0.286. The summed E-state index contributed by atoms with van der Waals surface area (Å²) in [6.07, 6.45) is -2.86. The van der Waals surface area contributed by atoms with Crippen molar-refractivity contribution in [3.63, 3.8) is 0 Å². The smallest absolute Gasteiger partial charge is 0.416 e. The molecule has 22 heavy (non-hydrogen) atoms. The van der Waals surface area contributed by atoms with Gasteiger partial charge in [-0.25, -0.2) is 4.68 Å². The third kappa shape index (κ3) is 2.51. The number of carboxylic acids is 1. The summed E-state index contributed by atoms with van der Waals surface area (Å²) in [7, 11) is 0. The molecule has 3 rings (SSSR count). The van der Waals surface area contributed by atoms with Gasteiger partial charge in [-0.05, 0) is 24.3 Å². The van der Waals surface area contributed by atoms with E-state index in [1.165, 1.54) is 18.3 Å². The molecule has 0 amide bonds. The third-order valence-corrected chi connectivity index (χ3v) is 3.62. The van der Waals surface area contributed by atoms with Gasteiger partial charge in [0, 0.05) is 18.3 Å². The topological polar surface area (TPSA) is 58.4 Å². The molecule has 0 aliphatic carbocycles. The Labute approximate surface area is 123 Å². The molecule has 1 aliphatic rings. The minimum atomic E-state index is -4.40. The lowest BCUT2D eigenvalue weighted by Gasteiger charge is -2.33. The fourth-order valence-electron chi connectivity index (χ4n) is 2.50. The predicted octanol–water partition coefficient (Wildman–Crippen LogP) is 2.75. The van der Waals surface area contributed by atoms with Crippen LogP contribution in [0, 0.1) is 5.92 Å². The number of hydrogen-bond acceptors (Lipinski definition) is 3. The minimum absolute atomic E-state index is 0.187. The van der Waals surface area contributed by atoms with Gasteiger partial charge in [-0.2, -0.15) is 18.3 Å². The van der Waals surface area contributed by atoms with E-state index in [1.54, 1.807) is 15.6 Å². The molecule has 2 aromatic rings. The van der Waals surface area contributed by atoms with Crippen molar-refractivity contribution in [2.24, 2.45) is 5.92 Å². The first-order valence-corrected chi connectivity index (χ1v) is 6.55. The Balaban J connectivity index is 1.95. The van der Waals surface area contributed by atoms with Crippen LogP contribution in [-0.2, 0) is 17.5 Å². The molecule has 1 aliphatic heterocycles. The zero-order valence-corrected chi connectivity index (χ0v) is 11.3. The number of hydrogen-bond donors (Lipinski definition) is 1. The Bertz CT molecular complexity index is 694. The molecule has 8 heteroatoms. The maximum Gasteiger partial charge on any atom is 0.416 e. The Hall–Kier alpha value is -2.51. The van der Waals surface area contributed by atoms with E-state index in [1.807, 2.05) is 0 Å². The van der Waals surface area contributed by atoms with E-state index in [4.69, 9.17) is 0 Å². The van der Waals surface area contributed by atoms with E-state index in [2.05, 4.69) is 5.10 Å². The molecule has 0 fully saturated rings. The second kappa shape index (κ2) is 5.04. The highest BCUT2D eigenvalue weighted by Gasteiger charge is 2.32. The SMILES string of the molecule is O=C(O)C1CN(c2ccc(C(F)(F)F)cc2)c2ccnn2C1. The molecule has 5 nitrogen and oxygen atoms in total. The van der Waals surface area contributed by atoms with Crippen molar-refractivity contribution in [1.29, 1.82) is 0 Å². The third-order valence-electron chi connectivity index (χ3n) is 3.62. The van der Waals surface area contributed by atoms with Crippen LogP contribution in [0.15, 0.2) is 36.5 Å². The van der Waals surface area contributed by atoms with Crippen LogP contribution in [0.5, 0.6) is 0 Å². The highest BCUT2D eigenvalue weighted by molar-refractivity contribution is 5.73. The molecule has 1 aromatic carbocycles. The fourth-order valence-corrected chi connectivity index (χ4v) is 2.50. The predicted molar refractivity (Wildman–Crippen MR) is 71.8 cm³/mol. The van der Waals surface area contributed by atoms with Gasteiger partial charge >= 0.3 is 12.1 Å². The number of anilines is 2. The average Bonchev–Trinajstić information content (AvgIpc) is 2.93. The van der Waals surface area contributed by atoms with Crippen molar-refractivity contribution in [1.82, 2.24) is 9.78 Å². The molecule has 116 valence electrons. The van der Waals surface area contributed by atoms with E-state index in [0.717, 1.165) is 12.1 Å². The van der Waals surface area contributed by atoms with Gasteiger partial charge < -0.3 is 10.0 Å². The summed E-state index contributed by atoms with van der Waals surface area (Å²) in [5.41, 5.74) is -0.239. The molecule has 1 aromatic heterocycles. The summed E-state index contributed by atoms with van der Waals surface area (Å²) in [5.74, 6) is -0.968. The average molecular weight is 311 g/mol. The highest BCUT2D eigenvalue weighted by atomic mass is 19.4. The Morgan fingerprint density at radius 3 is 2.45 bits per heavy atom. The van der Waals surface area contributed by atoms with E-state index in [0.29, 0.717) is 11.5 Å². The van der Waals surface area contributed by atoms with Gasteiger partial charge in [0.25, 0.3) is 0 Å². The molecule has 0 saturated carbocycles. The zero-order chi connectivity index (χ0) is 15.9.